The molecule has 0 spiro atoms. The van der Waals surface area contributed by atoms with Crippen LogP contribution in [-0.2, 0) is 11.8 Å². The van der Waals surface area contributed by atoms with Crippen LogP contribution in [0.15, 0.2) is 36.7 Å². The van der Waals surface area contributed by atoms with Crippen LogP contribution in [0.4, 0.5) is 4.39 Å². The Bertz CT molecular complexity index is 1320. The number of benzene rings is 1. The van der Waals surface area contributed by atoms with Crippen LogP contribution < -0.4 is 0 Å². The van der Waals surface area contributed by atoms with E-state index in [1.54, 1.807) is 16.8 Å². The molecular formula is C24H23ClFN5O. The van der Waals surface area contributed by atoms with E-state index in [4.69, 9.17) is 31.3 Å². The highest BCUT2D eigenvalue weighted by atomic mass is 35.5. The van der Waals surface area contributed by atoms with E-state index in [2.05, 4.69) is 5.10 Å². The van der Waals surface area contributed by atoms with Crippen LogP contribution in [0.25, 0.3) is 22.3 Å². The Morgan fingerprint density at radius 1 is 1.12 bits per heavy atom. The Morgan fingerprint density at radius 2 is 1.94 bits per heavy atom. The van der Waals surface area contributed by atoms with Gasteiger partial charge in [0.15, 0.2) is 0 Å². The average molecular weight is 452 g/mol. The number of ether oxygens (including phenoxy) is 1. The summed E-state index contributed by atoms with van der Waals surface area (Å²) in [5.41, 5.74) is 5.73. The fourth-order valence-electron chi connectivity index (χ4n) is 4.23. The van der Waals surface area contributed by atoms with Crippen molar-refractivity contribution >= 4 is 22.6 Å². The lowest BCUT2D eigenvalue weighted by atomic mass is 9.89. The molecule has 0 aliphatic carbocycles. The standard InChI is InChI=1S/C24H23ClFN5O/c1-13-14(2)29-24-21(28-13)10-20(30-23(24)18-5-4-17(25)9-19(18)26)15-6-7-32-22(8-15)16-11-27-31(3)12-16/h4-5,9-12,15,22H,6-8H2,1-3H3/t15-,22+/m0/s1. The molecule has 5 rings (SSSR count). The summed E-state index contributed by atoms with van der Waals surface area (Å²) >= 11 is 5.99. The third kappa shape index (κ3) is 3.87. The molecule has 0 amide bonds. The number of rotatable bonds is 3. The van der Waals surface area contributed by atoms with Crippen LogP contribution in [0.2, 0.25) is 5.02 Å². The Hall–Kier alpha value is -2.90. The van der Waals surface area contributed by atoms with Crippen molar-refractivity contribution in [2.75, 3.05) is 6.61 Å². The Kier molecular flexibility index (Phi) is 5.39. The molecule has 1 aliphatic rings. The molecule has 4 aromatic rings. The summed E-state index contributed by atoms with van der Waals surface area (Å²) in [5.74, 6) is -0.278. The van der Waals surface area contributed by atoms with E-state index in [9.17, 15) is 4.39 Å². The predicted molar refractivity (Wildman–Crippen MR) is 121 cm³/mol. The van der Waals surface area contributed by atoms with Gasteiger partial charge in [-0.2, -0.15) is 5.10 Å². The molecule has 1 aliphatic heterocycles. The first kappa shape index (κ1) is 21.0. The maximum atomic E-state index is 14.9. The van der Waals surface area contributed by atoms with E-state index >= 15 is 0 Å². The lowest BCUT2D eigenvalue weighted by Crippen LogP contribution is -2.19. The molecule has 1 fully saturated rings. The zero-order chi connectivity index (χ0) is 22.4. The maximum Gasteiger partial charge on any atom is 0.134 e. The smallest absolute Gasteiger partial charge is 0.134 e. The molecule has 0 unspecified atom stereocenters. The minimum atomic E-state index is -0.427. The largest absolute Gasteiger partial charge is 0.373 e. The Morgan fingerprint density at radius 3 is 2.69 bits per heavy atom. The van der Waals surface area contributed by atoms with Gasteiger partial charge < -0.3 is 4.74 Å². The maximum absolute atomic E-state index is 14.9. The highest BCUT2D eigenvalue weighted by molar-refractivity contribution is 6.30. The van der Waals surface area contributed by atoms with E-state index in [1.807, 2.05) is 39.4 Å². The molecule has 2 atom stereocenters. The van der Waals surface area contributed by atoms with Gasteiger partial charge >= 0.3 is 0 Å². The summed E-state index contributed by atoms with van der Waals surface area (Å²) in [6, 6.07) is 6.62. The van der Waals surface area contributed by atoms with Gasteiger partial charge in [-0.3, -0.25) is 4.68 Å². The highest BCUT2D eigenvalue weighted by Crippen LogP contribution is 2.39. The second-order valence-corrected chi connectivity index (χ2v) is 8.75. The van der Waals surface area contributed by atoms with Gasteiger partial charge in [0.25, 0.3) is 0 Å². The fourth-order valence-corrected chi connectivity index (χ4v) is 4.39. The molecule has 6 nitrogen and oxygen atoms in total. The Balaban J connectivity index is 1.62. The molecular weight excluding hydrogens is 429 g/mol. The minimum absolute atomic E-state index is 0.0542. The monoisotopic (exact) mass is 451 g/mol. The second-order valence-electron chi connectivity index (χ2n) is 8.31. The molecule has 32 heavy (non-hydrogen) atoms. The lowest BCUT2D eigenvalue weighted by Gasteiger charge is -2.29. The molecule has 0 N–H and O–H groups in total. The summed E-state index contributed by atoms with van der Waals surface area (Å²) in [4.78, 5) is 14.4. The number of hydrogen-bond donors (Lipinski definition) is 0. The average Bonchev–Trinajstić information content (AvgIpc) is 3.21. The van der Waals surface area contributed by atoms with Crippen LogP contribution in [0.5, 0.6) is 0 Å². The van der Waals surface area contributed by atoms with Gasteiger partial charge in [-0.25, -0.2) is 19.3 Å². The second kappa shape index (κ2) is 8.22. The van der Waals surface area contributed by atoms with Crippen LogP contribution >= 0.6 is 11.6 Å². The third-order valence-corrected chi connectivity index (χ3v) is 6.30. The van der Waals surface area contributed by atoms with Crippen LogP contribution in [0.3, 0.4) is 0 Å². The van der Waals surface area contributed by atoms with Crippen LogP contribution in [0.1, 0.15) is 47.5 Å². The van der Waals surface area contributed by atoms with Crippen molar-refractivity contribution in [3.63, 3.8) is 0 Å². The number of fused-ring (bicyclic) bond motifs is 1. The molecule has 0 saturated carbocycles. The zero-order valence-corrected chi connectivity index (χ0v) is 18.9. The van der Waals surface area contributed by atoms with E-state index in [0.29, 0.717) is 33.9 Å². The molecule has 3 aromatic heterocycles. The number of hydrogen-bond acceptors (Lipinski definition) is 5. The number of nitrogens with zero attached hydrogens (tertiary/aromatic N) is 5. The van der Waals surface area contributed by atoms with Gasteiger partial charge in [-0.1, -0.05) is 11.6 Å². The quantitative estimate of drug-likeness (QED) is 0.413. The first-order valence-corrected chi connectivity index (χ1v) is 11.0. The first-order valence-electron chi connectivity index (χ1n) is 10.6. The molecule has 1 saturated heterocycles. The number of aromatic nitrogens is 5. The molecule has 8 heteroatoms. The van der Waals surface area contributed by atoms with Crippen molar-refractivity contribution in [3.8, 4) is 11.3 Å². The van der Waals surface area contributed by atoms with E-state index in [-0.39, 0.29) is 12.0 Å². The van der Waals surface area contributed by atoms with Crippen LogP contribution in [0, 0.1) is 19.7 Å². The van der Waals surface area contributed by atoms with Gasteiger partial charge in [-0.05, 0) is 51.0 Å². The van der Waals surface area contributed by atoms with Gasteiger partial charge in [-0.15, -0.1) is 0 Å². The van der Waals surface area contributed by atoms with Crippen molar-refractivity contribution in [1.29, 1.82) is 0 Å². The van der Waals surface area contributed by atoms with E-state index in [1.165, 1.54) is 6.07 Å². The topological polar surface area (TPSA) is 65.7 Å². The normalized spacial score (nSPS) is 18.9. The van der Waals surface area contributed by atoms with E-state index in [0.717, 1.165) is 35.5 Å². The highest BCUT2D eigenvalue weighted by Gasteiger charge is 2.28. The van der Waals surface area contributed by atoms with Crippen molar-refractivity contribution < 1.29 is 9.13 Å². The number of pyridine rings is 1. The van der Waals surface area contributed by atoms with Crippen molar-refractivity contribution in [2.24, 2.45) is 7.05 Å². The summed E-state index contributed by atoms with van der Waals surface area (Å²) in [6.07, 6.45) is 5.36. The molecule has 0 bridgehead atoms. The molecule has 4 heterocycles. The SMILES string of the molecule is Cc1nc2cc([C@H]3CCO[C@@H](c4cnn(C)c4)C3)nc(-c3ccc(Cl)cc3F)c2nc1C. The molecule has 164 valence electrons. The van der Waals surface area contributed by atoms with Gasteiger partial charge in [0, 0.05) is 47.6 Å². The summed E-state index contributed by atoms with van der Waals surface area (Å²) in [7, 11) is 1.89. The number of halogens is 2. The zero-order valence-electron chi connectivity index (χ0n) is 18.1. The van der Waals surface area contributed by atoms with Crippen LogP contribution in [-0.4, -0.2) is 31.3 Å². The van der Waals surface area contributed by atoms with Crippen molar-refractivity contribution in [1.82, 2.24) is 24.7 Å². The summed E-state index contributed by atoms with van der Waals surface area (Å²) in [5, 5.41) is 4.61. The Labute approximate surface area is 190 Å². The van der Waals surface area contributed by atoms with Gasteiger partial charge in [0.05, 0.1) is 29.2 Å². The summed E-state index contributed by atoms with van der Waals surface area (Å²) in [6.45, 7) is 4.44. The van der Waals surface area contributed by atoms with Gasteiger partial charge in [0.1, 0.15) is 17.0 Å². The first-order chi connectivity index (χ1) is 15.4. The van der Waals surface area contributed by atoms with Gasteiger partial charge in [0.2, 0.25) is 0 Å². The molecule has 0 radical (unpaired) electrons. The number of aryl methyl sites for hydroxylation is 3. The van der Waals surface area contributed by atoms with Crippen molar-refractivity contribution in [2.45, 2.75) is 38.7 Å². The fraction of sp³-hybridized carbons (Fsp3) is 0.333. The van der Waals surface area contributed by atoms with Crippen molar-refractivity contribution in [3.05, 3.63) is 70.1 Å². The molecule has 1 aromatic carbocycles. The summed E-state index contributed by atoms with van der Waals surface area (Å²) < 4.78 is 22.7. The minimum Gasteiger partial charge on any atom is -0.373 e. The lowest BCUT2D eigenvalue weighted by molar-refractivity contribution is 0.00464. The van der Waals surface area contributed by atoms with E-state index < -0.39 is 5.82 Å². The predicted octanol–water partition coefficient (Wildman–Crippen LogP) is 5.47. The third-order valence-electron chi connectivity index (χ3n) is 6.07.